The Morgan fingerprint density at radius 3 is 2.72 bits per heavy atom. The van der Waals surface area contributed by atoms with Gasteiger partial charge in [0.15, 0.2) is 0 Å². The highest BCUT2D eigenvalue weighted by molar-refractivity contribution is 5.92. The van der Waals surface area contributed by atoms with Crippen molar-refractivity contribution >= 4 is 18.0 Å². The molecule has 0 aromatic heterocycles. The van der Waals surface area contributed by atoms with Crippen molar-refractivity contribution < 1.29 is 19.4 Å². The van der Waals surface area contributed by atoms with Crippen LogP contribution in [0.4, 0.5) is 0 Å². The van der Waals surface area contributed by atoms with Gasteiger partial charge in [-0.25, -0.2) is 4.79 Å². The summed E-state index contributed by atoms with van der Waals surface area (Å²) >= 11 is 0. The highest BCUT2D eigenvalue weighted by Gasteiger charge is 2.01. The lowest BCUT2D eigenvalue weighted by Crippen LogP contribution is -2.06. The topological polar surface area (TPSA) is 89.6 Å². The summed E-state index contributed by atoms with van der Waals surface area (Å²) in [5.74, 6) is 3.48. The van der Waals surface area contributed by atoms with E-state index in [4.69, 9.17) is 15.6 Å². The fourth-order valence-corrected chi connectivity index (χ4v) is 1.24. The minimum atomic E-state index is -1.06. The van der Waals surface area contributed by atoms with Crippen LogP contribution in [0, 0.1) is 11.8 Å². The van der Waals surface area contributed by atoms with E-state index in [2.05, 4.69) is 11.8 Å². The number of carbonyl (C=O) groups is 2. The molecule has 1 rings (SSSR count). The van der Waals surface area contributed by atoms with E-state index >= 15 is 0 Å². The van der Waals surface area contributed by atoms with Crippen molar-refractivity contribution in [2.75, 3.05) is 7.11 Å². The third-order valence-corrected chi connectivity index (χ3v) is 1.97. The van der Waals surface area contributed by atoms with Gasteiger partial charge >= 0.3 is 5.97 Å². The Hall–Kier alpha value is -2.74. The highest BCUT2D eigenvalue weighted by atomic mass is 16.5. The molecule has 0 spiro atoms. The molecule has 0 aliphatic rings. The highest BCUT2D eigenvalue weighted by Crippen LogP contribution is 2.20. The van der Waals surface area contributed by atoms with E-state index in [-0.39, 0.29) is 0 Å². The molecular weight excluding hydrogens is 234 g/mol. The summed E-state index contributed by atoms with van der Waals surface area (Å²) < 4.78 is 5.07. The summed E-state index contributed by atoms with van der Waals surface area (Å²) in [6.07, 6.45) is 2.37. The smallest absolute Gasteiger partial charge is 0.328 e. The van der Waals surface area contributed by atoms with Crippen molar-refractivity contribution in [1.29, 1.82) is 0 Å². The third-order valence-electron chi connectivity index (χ3n) is 1.97. The van der Waals surface area contributed by atoms with Gasteiger partial charge in [-0.3, -0.25) is 4.79 Å². The van der Waals surface area contributed by atoms with Crippen LogP contribution in [-0.2, 0) is 9.59 Å². The van der Waals surface area contributed by atoms with Gasteiger partial charge in [0.05, 0.1) is 7.11 Å². The second kappa shape index (κ2) is 6.11. The van der Waals surface area contributed by atoms with E-state index in [0.29, 0.717) is 16.9 Å². The van der Waals surface area contributed by atoms with Crippen LogP contribution in [-0.4, -0.2) is 24.1 Å². The third kappa shape index (κ3) is 4.02. The second-order valence-electron chi connectivity index (χ2n) is 3.24. The van der Waals surface area contributed by atoms with Crippen LogP contribution in [0.2, 0.25) is 0 Å². The van der Waals surface area contributed by atoms with Crippen LogP contribution in [0.3, 0.4) is 0 Å². The molecule has 0 unspecified atom stereocenters. The first-order valence-corrected chi connectivity index (χ1v) is 4.93. The monoisotopic (exact) mass is 245 g/mol. The number of ether oxygens (including phenoxy) is 1. The van der Waals surface area contributed by atoms with E-state index < -0.39 is 11.9 Å². The number of benzene rings is 1. The van der Waals surface area contributed by atoms with Gasteiger partial charge in [-0.2, -0.15) is 0 Å². The normalized spacial score (nSPS) is 9.61. The molecule has 0 bridgehead atoms. The Bertz CT molecular complexity index is 564. The molecular formula is C13H11NO4. The molecule has 1 aromatic carbocycles. The molecule has 1 aromatic rings. The zero-order chi connectivity index (χ0) is 13.5. The van der Waals surface area contributed by atoms with E-state index in [1.54, 1.807) is 18.2 Å². The van der Waals surface area contributed by atoms with Crippen LogP contribution in [0.25, 0.3) is 6.08 Å². The number of carboxylic acids is 1. The van der Waals surface area contributed by atoms with Crippen LogP contribution >= 0.6 is 0 Å². The number of aliphatic carboxylic acids is 1. The maximum absolute atomic E-state index is 10.5. The largest absolute Gasteiger partial charge is 0.496 e. The van der Waals surface area contributed by atoms with Gasteiger partial charge < -0.3 is 15.6 Å². The van der Waals surface area contributed by atoms with Crippen molar-refractivity contribution in [3.05, 3.63) is 35.4 Å². The molecule has 0 heterocycles. The Balaban J connectivity index is 3.14. The lowest BCUT2D eigenvalue weighted by Gasteiger charge is -2.04. The zero-order valence-electron chi connectivity index (χ0n) is 9.64. The molecule has 0 aliphatic heterocycles. The van der Waals surface area contributed by atoms with E-state index in [9.17, 15) is 9.59 Å². The lowest BCUT2D eigenvalue weighted by molar-refractivity contribution is -0.131. The van der Waals surface area contributed by atoms with Crippen LogP contribution < -0.4 is 10.5 Å². The van der Waals surface area contributed by atoms with E-state index in [1.165, 1.54) is 13.2 Å². The number of carbonyl (C=O) groups excluding carboxylic acids is 1. The molecule has 5 nitrogen and oxygen atoms in total. The van der Waals surface area contributed by atoms with Crippen LogP contribution in [0.5, 0.6) is 5.75 Å². The van der Waals surface area contributed by atoms with Gasteiger partial charge in [0.1, 0.15) is 5.75 Å². The Morgan fingerprint density at radius 1 is 1.44 bits per heavy atom. The summed E-state index contributed by atoms with van der Waals surface area (Å²) in [6.45, 7) is 0. The first kappa shape index (κ1) is 13.3. The number of nitrogens with two attached hydrogens (primary N) is 1. The molecule has 18 heavy (non-hydrogen) atoms. The minimum absolute atomic E-state index is 0.511. The van der Waals surface area contributed by atoms with E-state index in [0.717, 1.165) is 6.08 Å². The van der Waals surface area contributed by atoms with Gasteiger partial charge in [0.2, 0.25) is 0 Å². The van der Waals surface area contributed by atoms with Gasteiger partial charge in [0.25, 0.3) is 5.91 Å². The van der Waals surface area contributed by atoms with Gasteiger partial charge in [-0.1, -0.05) is 5.92 Å². The second-order valence-corrected chi connectivity index (χ2v) is 3.24. The van der Waals surface area contributed by atoms with Gasteiger partial charge in [-0.15, -0.1) is 0 Å². The molecule has 0 aliphatic carbocycles. The zero-order valence-corrected chi connectivity index (χ0v) is 9.64. The molecule has 0 saturated carbocycles. The molecule has 0 saturated heterocycles. The number of methoxy groups -OCH3 is 1. The number of hydrogen-bond acceptors (Lipinski definition) is 3. The maximum Gasteiger partial charge on any atom is 0.328 e. The Morgan fingerprint density at radius 2 is 2.17 bits per heavy atom. The predicted molar refractivity (Wildman–Crippen MR) is 65.7 cm³/mol. The predicted octanol–water partition coefficient (Wildman–Crippen LogP) is 0.630. The van der Waals surface area contributed by atoms with Crippen LogP contribution in [0.1, 0.15) is 11.1 Å². The van der Waals surface area contributed by atoms with Gasteiger partial charge in [0, 0.05) is 17.2 Å². The number of amides is 1. The summed E-state index contributed by atoms with van der Waals surface area (Å²) in [7, 11) is 1.47. The molecule has 92 valence electrons. The fourth-order valence-electron chi connectivity index (χ4n) is 1.24. The van der Waals surface area contributed by atoms with Crippen molar-refractivity contribution in [3.63, 3.8) is 0 Å². The average molecular weight is 245 g/mol. The molecule has 0 radical (unpaired) electrons. The standard InChI is InChI=1S/C13H11NO4/c1-18-11-5-2-9(3-6-12(14)15)8-10(11)4-7-13(16)17/h2,4-5,7-8H,1H3,(H2,14,15)(H,16,17)/b7-4+. The number of rotatable bonds is 3. The van der Waals surface area contributed by atoms with Crippen molar-refractivity contribution in [2.45, 2.75) is 0 Å². The quantitative estimate of drug-likeness (QED) is 0.603. The Labute approximate surface area is 104 Å². The first-order chi connectivity index (χ1) is 8.52. The molecule has 0 fully saturated rings. The first-order valence-electron chi connectivity index (χ1n) is 4.93. The number of carboxylic acid groups (broad SMARTS) is 1. The Kier molecular flexibility index (Phi) is 4.52. The molecule has 1 amide bonds. The van der Waals surface area contributed by atoms with Crippen molar-refractivity contribution in [1.82, 2.24) is 0 Å². The maximum atomic E-state index is 10.5. The molecule has 5 heteroatoms. The number of hydrogen-bond donors (Lipinski definition) is 2. The lowest BCUT2D eigenvalue weighted by atomic mass is 10.1. The summed E-state index contributed by atoms with van der Waals surface area (Å²) in [4.78, 5) is 21.0. The average Bonchev–Trinajstić information content (AvgIpc) is 2.33. The number of primary amides is 1. The summed E-state index contributed by atoms with van der Waals surface area (Å²) in [6, 6.07) is 4.88. The minimum Gasteiger partial charge on any atom is -0.496 e. The summed E-state index contributed by atoms with van der Waals surface area (Å²) in [5.41, 5.74) is 6.00. The van der Waals surface area contributed by atoms with Crippen molar-refractivity contribution in [3.8, 4) is 17.6 Å². The van der Waals surface area contributed by atoms with Crippen molar-refractivity contribution in [2.24, 2.45) is 5.73 Å². The SMILES string of the molecule is COc1ccc(C#CC(N)=O)cc1/C=C/C(=O)O. The fraction of sp³-hybridized carbons (Fsp3) is 0.0769. The van der Waals surface area contributed by atoms with Gasteiger partial charge in [-0.05, 0) is 30.2 Å². The summed E-state index contributed by atoms with van der Waals surface area (Å²) in [5, 5.41) is 8.57. The van der Waals surface area contributed by atoms with Crippen LogP contribution in [0.15, 0.2) is 24.3 Å². The van der Waals surface area contributed by atoms with E-state index in [1.807, 2.05) is 0 Å². The molecule has 3 N–H and O–H groups in total. The molecule has 0 atom stereocenters.